The van der Waals surface area contributed by atoms with Crippen LogP contribution in [0, 0.1) is 11.8 Å². The van der Waals surface area contributed by atoms with E-state index in [1.165, 1.54) is 41.5 Å². The van der Waals surface area contributed by atoms with Gasteiger partial charge in [0, 0.05) is 18.0 Å². The Hall–Kier alpha value is -1.38. The Morgan fingerprint density at radius 2 is 2.06 bits per heavy atom. The first kappa shape index (κ1) is 22.8. The number of rotatable bonds is 7. The van der Waals surface area contributed by atoms with E-state index in [0.717, 1.165) is 35.9 Å². The Labute approximate surface area is 192 Å². The number of fused-ring (bicyclic) bond motifs is 3. The highest BCUT2D eigenvalue weighted by atomic mass is 32.2. The molecule has 2 heterocycles. The van der Waals surface area contributed by atoms with Crippen molar-refractivity contribution in [2.24, 2.45) is 11.8 Å². The van der Waals surface area contributed by atoms with Crippen molar-refractivity contribution in [2.45, 2.75) is 76.5 Å². The molecule has 0 bridgehead atoms. The van der Waals surface area contributed by atoms with Gasteiger partial charge in [0.15, 0.2) is 5.16 Å². The Bertz CT molecular complexity index is 1000. The molecule has 1 N–H and O–H groups in total. The lowest BCUT2D eigenvalue weighted by Gasteiger charge is -2.34. The van der Waals surface area contributed by atoms with Gasteiger partial charge in [-0.15, -0.1) is 11.3 Å². The van der Waals surface area contributed by atoms with E-state index in [1.807, 2.05) is 0 Å². The van der Waals surface area contributed by atoms with E-state index in [9.17, 15) is 9.59 Å². The van der Waals surface area contributed by atoms with Crippen LogP contribution in [-0.2, 0) is 28.9 Å². The predicted octanol–water partition coefficient (Wildman–Crippen LogP) is 4.02. The molecule has 6 nitrogen and oxygen atoms in total. The van der Waals surface area contributed by atoms with Gasteiger partial charge < -0.3 is 10.1 Å². The maximum atomic E-state index is 13.4. The fourth-order valence-corrected chi connectivity index (χ4v) is 7.01. The van der Waals surface area contributed by atoms with E-state index in [0.29, 0.717) is 30.1 Å². The van der Waals surface area contributed by atoms with Gasteiger partial charge in [0.2, 0.25) is 5.91 Å². The highest BCUT2D eigenvalue weighted by Gasteiger charge is 2.28. The third kappa shape index (κ3) is 4.86. The summed E-state index contributed by atoms with van der Waals surface area (Å²) in [5.74, 6) is 1.43. The van der Waals surface area contributed by atoms with Crippen molar-refractivity contribution in [1.29, 1.82) is 0 Å². The van der Waals surface area contributed by atoms with E-state index in [1.54, 1.807) is 23.0 Å². The fraction of sp³-hybridized carbons (Fsp3) is 0.696. The third-order valence-corrected chi connectivity index (χ3v) is 9.11. The second kappa shape index (κ2) is 10.0. The highest BCUT2D eigenvalue weighted by molar-refractivity contribution is 7.99. The summed E-state index contributed by atoms with van der Waals surface area (Å²) in [6.07, 6.45) is 7.76. The number of nitrogens with zero attached hydrogens (tertiary/aromatic N) is 2. The fourth-order valence-electron chi connectivity index (χ4n) is 4.87. The number of hydrogen-bond acceptors (Lipinski definition) is 6. The van der Waals surface area contributed by atoms with Crippen molar-refractivity contribution in [1.82, 2.24) is 14.9 Å². The number of aromatic nitrogens is 2. The monoisotopic (exact) mass is 463 g/mol. The minimum Gasteiger partial charge on any atom is -0.383 e. The molecule has 4 rings (SSSR count). The molecule has 1 saturated carbocycles. The predicted molar refractivity (Wildman–Crippen MR) is 127 cm³/mol. The van der Waals surface area contributed by atoms with E-state index in [4.69, 9.17) is 9.72 Å². The van der Waals surface area contributed by atoms with Crippen molar-refractivity contribution in [3.8, 4) is 0 Å². The number of aryl methyl sites for hydroxylation is 2. The zero-order valence-electron chi connectivity index (χ0n) is 18.7. The van der Waals surface area contributed by atoms with Crippen molar-refractivity contribution in [2.75, 3.05) is 19.5 Å². The molecule has 1 amide bonds. The van der Waals surface area contributed by atoms with Gasteiger partial charge in [0.1, 0.15) is 4.83 Å². The Balaban J connectivity index is 1.54. The van der Waals surface area contributed by atoms with Crippen LogP contribution in [-0.4, -0.2) is 41.0 Å². The third-order valence-electron chi connectivity index (χ3n) is 6.94. The van der Waals surface area contributed by atoms with Gasteiger partial charge in [-0.25, -0.2) is 4.98 Å². The zero-order chi connectivity index (χ0) is 22.0. The van der Waals surface area contributed by atoms with Gasteiger partial charge in [-0.3, -0.25) is 14.2 Å². The van der Waals surface area contributed by atoms with Crippen LogP contribution >= 0.6 is 23.1 Å². The van der Waals surface area contributed by atoms with E-state index >= 15 is 0 Å². The molecule has 2 aliphatic rings. The van der Waals surface area contributed by atoms with Gasteiger partial charge in [-0.05, 0) is 49.5 Å². The Kier molecular flexibility index (Phi) is 7.39. The molecule has 0 aliphatic heterocycles. The lowest BCUT2D eigenvalue weighted by atomic mass is 9.78. The van der Waals surface area contributed by atoms with Gasteiger partial charge in [-0.2, -0.15) is 0 Å². The van der Waals surface area contributed by atoms with Crippen LogP contribution in [0.25, 0.3) is 10.2 Å². The van der Waals surface area contributed by atoms with Crippen molar-refractivity contribution >= 4 is 39.2 Å². The Morgan fingerprint density at radius 3 is 2.87 bits per heavy atom. The van der Waals surface area contributed by atoms with Crippen LogP contribution in [0.3, 0.4) is 0 Å². The summed E-state index contributed by atoms with van der Waals surface area (Å²) in [6.45, 7) is 5.39. The summed E-state index contributed by atoms with van der Waals surface area (Å²) in [6, 6.07) is 0.243. The summed E-state index contributed by atoms with van der Waals surface area (Å²) in [4.78, 5) is 33.1. The van der Waals surface area contributed by atoms with Crippen LogP contribution < -0.4 is 10.9 Å². The molecular formula is C23H33N3O3S2. The van der Waals surface area contributed by atoms with E-state index in [-0.39, 0.29) is 23.3 Å². The van der Waals surface area contributed by atoms with Crippen molar-refractivity contribution in [3.63, 3.8) is 0 Å². The second-order valence-corrected chi connectivity index (χ2v) is 11.0. The number of carbonyl (C=O) groups excluding carboxylic acids is 1. The largest absolute Gasteiger partial charge is 0.383 e. The lowest BCUT2D eigenvalue weighted by molar-refractivity contribution is -0.120. The van der Waals surface area contributed by atoms with E-state index in [2.05, 4.69) is 19.2 Å². The summed E-state index contributed by atoms with van der Waals surface area (Å²) in [5, 5.41) is 4.63. The van der Waals surface area contributed by atoms with Crippen molar-refractivity contribution < 1.29 is 9.53 Å². The summed E-state index contributed by atoms with van der Waals surface area (Å²) in [7, 11) is 1.63. The first-order valence-electron chi connectivity index (χ1n) is 11.5. The number of methoxy groups -OCH3 is 1. The number of thioether (sulfide) groups is 1. The maximum absolute atomic E-state index is 13.4. The summed E-state index contributed by atoms with van der Waals surface area (Å²) < 4.78 is 6.94. The quantitative estimate of drug-likeness (QED) is 0.496. The molecule has 3 atom stereocenters. The standard InChI is InChI=1S/C23H33N3O3S2/c1-14-7-6-9-17(15(14)2)24-19(27)13-30-23-25-21-20(22(28)26(23)11-12-29-3)16-8-4-5-10-18(16)31-21/h14-15,17H,4-13H2,1-3H3,(H,24,27)/t14-,15+,17-/m0/s1. The number of hydrogen-bond donors (Lipinski definition) is 1. The van der Waals surface area contributed by atoms with Crippen LogP contribution in [0.4, 0.5) is 0 Å². The molecule has 31 heavy (non-hydrogen) atoms. The number of carbonyl (C=O) groups is 1. The topological polar surface area (TPSA) is 73.2 Å². The molecule has 2 aromatic heterocycles. The molecule has 1 fully saturated rings. The minimum atomic E-state index is 0.0130. The average Bonchev–Trinajstić information content (AvgIpc) is 3.13. The van der Waals surface area contributed by atoms with Gasteiger partial charge in [0.25, 0.3) is 5.56 Å². The number of ether oxygens (including phenoxy) is 1. The molecule has 170 valence electrons. The minimum absolute atomic E-state index is 0.0130. The molecule has 8 heteroatoms. The molecule has 0 aromatic carbocycles. The van der Waals surface area contributed by atoms with Crippen LogP contribution in [0.2, 0.25) is 0 Å². The molecule has 2 aliphatic carbocycles. The summed E-state index contributed by atoms with van der Waals surface area (Å²) >= 11 is 3.02. The molecule has 0 saturated heterocycles. The normalized spacial score (nSPS) is 23.6. The zero-order valence-corrected chi connectivity index (χ0v) is 20.4. The molecule has 0 spiro atoms. The first-order chi connectivity index (χ1) is 15.0. The van der Waals surface area contributed by atoms with Crippen LogP contribution in [0.5, 0.6) is 0 Å². The molecule has 0 unspecified atom stereocenters. The molecule has 0 radical (unpaired) electrons. The van der Waals surface area contributed by atoms with E-state index < -0.39 is 0 Å². The first-order valence-corrected chi connectivity index (χ1v) is 13.3. The maximum Gasteiger partial charge on any atom is 0.263 e. The number of thiophene rings is 1. The average molecular weight is 464 g/mol. The lowest BCUT2D eigenvalue weighted by Crippen LogP contribution is -2.44. The van der Waals surface area contributed by atoms with Gasteiger partial charge >= 0.3 is 0 Å². The van der Waals surface area contributed by atoms with Gasteiger partial charge in [0.05, 0.1) is 24.3 Å². The molecular weight excluding hydrogens is 430 g/mol. The van der Waals surface area contributed by atoms with Crippen LogP contribution in [0.15, 0.2) is 9.95 Å². The number of amides is 1. The SMILES string of the molecule is COCCn1c(SCC(=O)N[C@H]2CCC[C@H](C)[C@H]2C)nc2sc3c(c2c1=O)CCCC3. The smallest absolute Gasteiger partial charge is 0.263 e. The highest BCUT2D eigenvalue weighted by Crippen LogP contribution is 2.35. The second-order valence-electron chi connectivity index (χ2n) is 8.97. The van der Waals surface area contributed by atoms with Crippen molar-refractivity contribution in [3.05, 3.63) is 20.8 Å². The number of nitrogens with one attached hydrogen (secondary N) is 1. The Morgan fingerprint density at radius 1 is 1.26 bits per heavy atom. The van der Waals surface area contributed by atoms with Crippen LogP contribution in [0.1, 0.15) is 56.4 Å². The molecule has 2 aromatic rings. The van der Waals surface area contributed by atoms with Gasteiger partial charge in [-0.1, -0.05) is 38.5 Å². The summed E-state index contributed by atoms with van der Waals surface area (Å²) in [5.41, 5.74) is 1.21.